The Balaban J connectivity index is 1.71. The lowest BCUT2D eigenvalue weighted by Gasteiger charge is -2.08. The van der Waals surface area contributed by atoms with Gasteiger partial charge in [0, 0.05) is 21.0 Å². The Labute approximate surface area is 199 Å². The number of furan rings is 1. The van der Waals surface area contributed by atoms with Gasteiger partial charge in [-0.15, -0.1) is 0 Å². The molecule has 4 heteroatoms. The smallest absolute Gasteiger partial charge is 0.216 e. The maximum atomic E-state index is 15.5. The lowest BCUT2D eigenvalue weighted by atomic mass is 9.95. The molecule has 6 aromatic rings. The molecule has 166 valence electrons. The Kier molecular flexibility index (Phi) is 3.84. The number of aromatic nitrogens is 1. The van der Waals surface area contributed by atoms with Crippen molar-refractivity contribution in [1.82, 2.24) is 0 Å². The third-order valence-electron chi connectivity index (χ3n) is 6.51. The van der Waals surface area contributed by atoms with Crippen LogP contribution in [-0.2, 0) is 7.05 Å². The molecule has 2 nitrogen and oxygen atoms in total. The van der Waals surface area contributed by atoms with Crippen LogP contribution in [-0.4, -0.2) is 0 Å². The van der Waals surface area contributed by atoms with Crippen LogP contribution in [0.5, 0.6) is 0 Å². The van der Waals surface area contributed by atoms with Gasteiger partial charge in [0.15, 0.2) is 5.82 Å². The highest BCUT2D eigenvalue weighted by Gasteiger charge is 2.24. The fraction of sp³-hybridized carbons (Fsp3) is 0.100. The van der Waals surface area contributed by atoms with Gasteiger partial charge in [0.2, 0.25) is 11.9 Å². The number of halogens is 2. The van der Waals surface area contributed by atoms with Crippen LogP contribution in [0.1, 0.15) is 15.2 Å². The summed E-state index contributed by atoms with van der Waals surface area (Å²) in [6.07, 6.45) is 1.17. The monoisotopic (exact) mass is 453 g/mol. The van der Waals surface area contributed by atoms with Crippen molar-refractivity contribution >= 4 is 32.7 Å². The van der Waals surface area contributed by atoms with E-state index in [9.17, 15) is 4.39 Å². The minimum absolute atomic E-state index is 0.362. The first-order chi connectivity index (χ1) is 17.6. The predicted molar refractivity (Wildman–Crippen MR) is 133 cm³/mol. The van der Waals surface area contributed by atoms with Crippen LogP contribution in [0.4, 0.5) is 8.78 Å². The first-order valence-electron chi connectivity index (χ1n) is 12.5. The summed E-state index contributed by atoms with van der Waals surface area (Å²) in [7, 11) is 1.66. The van der Waals surface area contributed by atoms with Crippen molar-refractivity contribution < 1.29 is 21.9 Å². The zero-order valence-electron chi connectivity index (χ0n) is 21.6. The van der Waals surface area contributed by atoms with Gasteiger partial charge in [-0.25, -0.2) is 8.78 Å². The van der Waals surface area contributed by atoms with Crippen LogP contribution < -0.4 is 4.57 Å². The van der Waals surface area contributed by atoms with Crippen LogP contribution in [0, 0.1) is 25.4 Å². The summed E-state index contributed by atoms with van der Waals surface area (Å²) >= 11 is 0. The molecular weight excluding hydrogens is 428 g/mol. The van der Waals surface area contributed by atoms with E-state index < -0.39 is 18.5 Å². The first kappa shape index (κ1) is 17.4. The van der Waals surface area contributed by atoms with Crippen molar-refractivity contribution in [3.63, 3.8) is 0 Å². The van der Waals surface area contributed by atoms with E-state index in [1.54, 1.807) is 17.7 Å². The summed E-state index contributed by atoms with van der Waals surface area (Å²) < 4.78 is 61.4. The van der Waals surface area contributed by atoms with E-state index in [0.29, 0.717) is 28.0 Å². The molecule has 0 radical (unpaired) electrons. The van der Waals surface area contributed by atoms with E-state index in [2.05, 4.69) is 0 Å². The van der Waals surface area contributed by atoms with E-state index in [1.807, 2.05) is 61.5 Å². The molecule has 2 aromatic heterocycles. The standard InChI is InChI=1S/C30H22F2NO/c1-17-11-12-22-23-13-14-24(31)28(21-10-6-8-19-7-4-5-9-20(19)21)30(23)34-29(22)27(17)26-15-18(2)25(32)16-33(26)3/h4-16H,1-3H3/q+1/i2D3. The van der Waals surface area contributed by atoms with Gasteiger partial charge in [-0.2, -0.15) is 4.57 Å². The summed E-state index contributed by atoms with van der Waals surface area (Å²) in [5.74, 6) is -1.21. The van der Waals surface area contributed by atoms with Crippen LogP contribution in [0.3, 0.4) is 0 Å². The fourth-order valence-electron chi connectivity index (χ4n) is 4.86. The molecule has 0 bridgehead atoms. The van der Waals surface area contributed by atoms with E-state index in [4.69, 9.17) is 8.53 Å². The molecule has 0 saturated heterocycles. The molecule has 0 aliphatic carbocycles. The van der Waals surface area contributed by atoms with Crippen LogP contribution in [0.2, 0.25) is 0 Å². The first-order valence-corrected chi connectivity index (χ1v) is 11.0. The highest BCUT2D eigenvalue weighted by atomic mass is 19.1. The summed E-state index contributed by atoms with van der Waals surface area (Å²) in [6, 6.07) is 21.9. The number of benzene rings is 4. The fourth-order valence-corrected chi connectivity index (χ4v) is 4.86. The Morgan fingerprint density at radius 1 is 0.765 bits per heavy atom. The third kappa shape index (κ3) is 2.95. The van der Waals surface area contributed by atoms with Gasteiger partial charge in [-0.1, -0.05) is 54.6 Å². The zero-order chi connectivity index (χ0) is 26.1. The lowest BCUT2D eigenvalue weighted by Crippen LogP contribution is -2.31. The topological polar surface area (TPSA) is 17.0 Å². The number of nitrogens with zero attached hydrogens (tertiary/aromatic N) is 1. The van der Waals surface area contributed by atoms with Gasteiger partial charge in [0.1, 0.15) is 24.0 Å². The van der Waals surface area contributed by atoms with Crippen LogP contribution >= 0.6 is 0 Å². The second-order valence-electron chi connectivity index (χ2n) is 8.59. The van der Waals surface area contributed by atoms with Gasteiger partial charge in [0.25, 0.3) is 0 Å². The summed E-state index contributed by atoms with van der Waals surface area (Å²) in [6.45, 7) is -0.736. The Bertz CT molecular complexity index is 1870. The quantitative estimate of drug-likeness (QED) is 0.245. The summed E-state index contributed by atoms with van der Waals surface area (Å²) in [5, 5.41) is 3.39. The molecule has 0 N–H and O–H groups in total. The van der Waals surface area contributed by atoms with Gasteiger partial charge in [-0.05, 0) is 53.4 Å². The number of pyridine rings is 1. The molecule has 0 amide bonds. The SMILES string of the molecule is [2H]C([2H])([2H])c1cc(-c2c(C)ccc3c2oc2c(-c4cccc5ccccc45)c(F)ccc23)[n+](C)cc1F. The lowest BCUT2D eigenvalue weighted by molar-refractivity contribution is -0.662. The van der Waals surface area contributed by atoms with Gasteiger partial charge < -0.3 is 4.42 Å². The van der Waals surface area contributed by atoms with E-state index in [0.717, 1.165) is 32.7 Å². The second-order valence-corrected chi connectivity index (χ2v) is 8.59. The third-order valence-corrected chi connectivity index (χ3v) is 6.51. The highest BCUT2D eigenvalue weighted by Crippen LogP contribution is 2.43. The maximum Gasteiger partial charge on any atom is 0.216 e. The molecule has 0 unspecified atom stereocenters. The highest BCUT2D eigenvalue weighted by molar-refractivity contribution is 6.15. The second kappa shape index (κ2) is 7.49. The normalized spacial score (nSPS) is 13.4. The minimum Gasteiger partial charge on any atom is -0.454 e. The Morgan fingerprint density at radius 3 is 2.32 bits per heavy atom. The van der Waals surface area contributed by atoms with Gasteiger partial charge >= 0.3 is 0 Å². The number of fused-ring (bicyclic) bond motifs is 4. The largest absolute Gasteiger partial charge is 0.454 e. The number of hydrogen-bond acceptors (Lipinski definition) is 1. The van der Waals surface area contributed by atoms with Crippen molar-refractivity contribution in [1.29, 1.82) is 0 Å². The average Bonchev–Trinajstić information content (AvgIpc) is 3.22. The molecule has 4 aromatic carbocycles. The summed E-state index contributed by atoms with van der Waals surface area (Å²) in [4.78, 5) is 0. The molecule has 34 heavy (non-hydrogen) atoms. The maximum absolute atomic E-state index is 15.5. The van der Waals surface area contributed by atoms with Crippen LogP contribution in [0.15, 0.2) is 83.4 Å². The average molecular weight is 454 g/mol. The number of hydrogen-bond donors (Lipinski definition) is 0. The van der Waals surface area contributed by atoms with Crippen molar-refractivity contribution in [3.8, 4) is 22.4 Å². The van der Waals surface area contributed by atoms with Crippen molar-refractivity contribution in [2.45, 2.75) is 13.8 Å². The van der Waals surface area contributed by atoms with Gasteiger partial charge in [-0.3, -0.25) is 0 Å². The molecule has 0 atom stereocenters. The van der Waals surface area contributed by atoms with Crippen molar-refractivity contribution in [2.24, 2.45) is 7.05 Å². The Morgan fingerprint density at radius 2 is 1.50 bits per heavy atom. The summed E-state index contributed by atoms with van der Waals surface area (Å²) in [5.41, 5.74) is 3.54. The number of rotatable bonds is 2. The molecule has 0 fully saturated rings. The van der Waals surface area contributed by atoms with Crippen molar-refractivity contribution in [2.75, 3.05) is 0 Å². The predicted octanol–water partition coefficient (Wildman–Crippen LogP) is 7.79. The van der Waals surface area contributed by atoms with Crippen LogP contribution in [0.25, 0.3) is 55.1 Å². The van der Waals surface area contributed by atoms with E-state index in [1.165, 1.54) is 18.3 Å². The van der Waals surface area contributed by atoms with E-state index in [-0.39, 0.29) is 5.56 Å². The molecular formula is C30H22F2NO+. The molecule has 2 heterocycles. The molecule has 0 saturated carbocycles. The Hall–Kier alpha value is -4.05. The minimum atomic E-state index is -2.62. The molecule has 0 spiro atoms. The van der Waals surface area contributed by atoms with Crippen molar-refractivity contribution in [3.05, 3.63) is 102 Å². The molecule has 6 rings (SSSR count). The zero-order valence-corrected chi connectivity index (χ0v) is 18.6. The molecule has 0 aliphatic heterocycles. The van der Waals surface area contributed by atoms with Gasteiger partial charge in [0.05, 0.1) is 11.1 Å². The number of aryl methyl sites for hydroxylation is 3. The van der Waals surface area contributed by atoms with E-state index >= 15 is 4.39 Å². The molecule has 0 aliphatic rings.